The molecule has 1 rings (SSSR count). The van der Waals surface area contributed by atoms with Crippen LogP contribution in [0.5, 0.6) is 0 Å². The summed E-state index contributed by atoms with van der Waals surface area (Å²) < 4.78 is 9.93. The van der Waals surface area contributed by atoms with Gasteiger partial charge in [-0.15, -0.1) is 0 Å². The highest BCUT2D eigenvalue weighted by molar-refractivity contribution is 5.85. The molecule has 0 unspecified atom stereocenters. The SMILES string of the molecule is CCOC(=O)[C@@](O)(CC(=O)OCc1ccccc1)C(C)C. The van der Waals surface area contributed by atoms with Crippen LogP contribution in [0.3, 0.4) is 0 Å². The fourth-order valence-corrected chi connectivity index (χ4v) is 1.78. The van der Waals surface area contributed by atoms with E-state index in [2.05, 4.69) is 0 Å². The lowest BCUT2D eigenvalue weighted by atomic mass is 9.87. The second-order valence-electron chi connectivity index (χ2n) is 5.12. The van der Waals surface area contributed by atoms with E-state index in [1.54, 1.807) is 20.8 Å². The summed E-state index contributed by atoms with van der Waals surface area (Å²) in [5.74, 6) is -1.89. The van der Waals surface area contributed by atoms with Crippen molar-refractivity contribution < 1.29 is 24.2 Å². The Morgan fingerprint density at radius 1 is 1.19 bits per heavy atom. The molecule has 21 heavy (non-hydrogen) atoms. The van der Waals surface area contributed by atoms with Gasteiger partial charge in [-0.1, -0.05) is 44.2 Å². The summed E-state index contributed by atoms with van der Waals surface area (Å²) in [5.41, 5.74) is -1.01. The van der Waals surface area contributed by atoms with E-state index < -0.39 is 29.9 Å². The molecule has 116 valence electrons. The van der Waals surface area contributed by atoms with Crippen LogP contribution >= 0.6 is 0 Å². The summed E-state index contributed by atoms with van der Waals surface area (Å²) in [5, 5.41) is 10.4. The van der Waals surface area contributed by atoms with Gasteiger partial charge >= 0.3 is 11.9 Å². The fraction of sp³-hybridized carbons (Fsp3) is 0.500. The zero-order chi connectivity index (χ0) is 15.9. The average molecular weight is 294 g/mol. The predicted molar refractivity (Wildman–Crippen MR) is 77.3 cm³/mol. The minimum atomic E-state index is -1.86. The first-order valence-corrected chi connectivity index (χ1v) is 6.99. The molecule has 0 heterocycles. The van der Waals surface area contributed by atoms with E-state index in [1.807, 2.05) is 30.3 Å². The van der Waals surface area contributed by atoms with Crippen molar-refractivity contribution in [1.29, 1.82) is 0 Å². The van der Waals surface area contributed by atoms with Crippen LogP contribution in [0, 0.1) is 5.92 Å². The molecule has 0 amide bonds. The Morgan fingerprint density at radius 3 is 2.33 bits per heavy atom. The summed E-state index contributed by atoms with van der Waals surface area (Å²) in [7, 11) is 0. The summed E-state index contributed by atoms with van der Waals surface area (Å²) in [6.07, 6.45) is -0.420. The highest BCUT2D eigenvalue weighted by Gasteiger charge is 2.43. The number of hydrogen-bond donors (Lipinski definition) is 1. The molecule has 0 aliphatic rings. The molecule has 0 saturated carbocycles. The second kappa shape index (κ2) is 7.78. The van der Waals surface area contributed by atoms with Crippen molar-refractivity contribution in [3.8, 4) is 0 Å². The number of benzene rings is 1. The Kier molecular flexibility index (Phi) is 6.37. The van der Waals surface area contributed by atoms with E-state index in [0.29, 0.717) is 0 Å². The molecule has 0 aliphatic heterocycles. The topological polar surface area (TPSA) is 72.8 Å². The van der Waals surface area contributed by atoms with Crippen molar-refractivity contribution in [1.82, 2.24) is 0 Å². The molecule has 1 atom stereocenters. The predicted octanol–water partition coefficient (Wildman–Crippen LogP) is 2.07. The molecule has 0 fully saturated rings. The summed E-state index contributed by atoms with van der Waals surface area (Å²) >= 11 is 0. The van der Waals surface area contributed by atoms with Crippen molar-refractivity contribution in [3.63, 3.8) is 0 Å². The zero-order valence-electron chi connectivity index (χ0n) is 12.7. The maximum Gasteiger partial charge on any atom is 0.338 e. The lowest BCUT2D eigenvalue weighted by Crippen LogP contribution is -2.47. The largest absolute Gasteiger partial charge is 0.464 e. The molecular formula is C16H22O5. The van der Waals surface area contributed by atoms with Crippen molar-refractivity contribution in [2.75, 3.05) is 6.61 Å². The number of carbonyl (C=O) groups excluding carboxylic acids is 2. The molecular weight excluding hydrogens is 272 g/mol. The van der Waals surface area contributed by atoms with Crippen molar-refractivity contribution in [2.45, 2.75) is 39.4 Å². The molecule has 5 nitrogen and oxygen atoms in total. The van der Waals surface area contributed by atoms with Gasteiger partial charge in [0.2, 0.25) is 0 Å². The van der Waals surface area contributed by atoms with Gasteiger partial charge < -0.3 is 14.6 Å². The van der Waals surface area contributed by atoms with Gasteiger partial charge in [0.05, 0.1) is 13.0 Å². The molecule has 0 saturated heterocycles. The molecule has 1 aromatic carbocycles. The van der Waals surface area contributed by atoms with Crippen LogP contribution in [0.15, 0.2) is 30.3 Å². The van der Waals surface area contributed by atoms with Gasteiger partial charge in [0, 0.05) is 0 Å². The second-order valence-corrected chi connectivity index (χ2v) is 5.12. The number of esters is 2. The normalized spacial score (nSPS) is 13.6. The Hall–Kier alpha value is -1.88. The van der Waals surface area contributed by atoms with Crippen LogP contribution in [0.2, 0.25) is 0 Å². The molecule has 0 aromatic heterocycles. The third-order valence-corrected chi connectivity index (χ3v) is 3.24. The maximum atomic E-state index is 11.9. The van der Waals surface area contributed by atoms with Crippen LogP contribution in [0.4, 0.5) is 0 Å². The number of hydrogen-bond acceptors (Lipinski definition) is 5. The van der Waals surface area contributed by atoms with Crippen LogP contribution in [-0.2, 0) is 25.7 Å². The Labute approximate surface area is 124 Å². The molecule has 1 N–H and O–H groups in total. The van der Waals surface area contributed by atoms with E-state index in [0.717, 1.165) is 5.56 Å². The summed E-state index contributed by atoms with van der Waals surface area (Å²) in [6, 6.07) is 9.20. The molecule has 5 heteroatoms. The molecule has 0 radical (unpaired) electrons. The van der Waals surface area contributed by atoms with Gasteiger partial charge in [-0.2, -0.15) is 0 Å². The minimum Gasteiger partial charge on any atom is -0.464 e. The maximum absolute atomic E-state index is 11.9. The highest BCUT2D eigenvalue weighted by Crippen LogP contribution is 2.24. The monoisotopic (exact) mass is 294 g/mol. The van der Waals surface area contributed by atoms with E-state index >= 15 is 0 Å². The first-order valence-electron chi connectivity index (χ1n) is 6.99. The van der Waals surface area contributed by atoms with Crippen LogP contribution in [-0.4, -0.2) is 29.3 Å². The quantitative estimate of drug-likeness (QED) is 0.779. The van der Waals surface area contributed by atoms with Gasteiger partial charge in [-0.3, -0.25) is 4.79 Å². The molecule has 1 aromatic rings. The molecule has 0 aliphatic carbocycles. The Morgan fingerprint density at radius 2 is 1.81 bits per heavy atom. The lowest BCUT2D eigenvalue weighted by Gasteiger charge is -2.28. The van der Waals surface area contributed by atoms with Gasteiger partial charge in [-0.05, 0) is 18.4 Å². The Balaban J connectivity index is 2.63. The fourth-order valence-electron chi connectivity index (χ4n) is 1.78. The van der Waals surface area contributed by atoms with E-state index in [4.69, 9.17) is 9.47 Å². The zero-order valence-corrected chi connectivity index (χ0v) is 12.7. The van der Waals surface area contributed by atoms with Gasteiger partial charge in [0.15, 0.2) is 5.60 Å². The van der Waals surface area contributed by atoms with E-state index in [-0.39, 0.29) is 13.2 Å². The van der Waals surface area contributed by atoms with Crippen molar-refractivity contribution >= 4 is 11.9 Å². The van der Waals surface area contributed by atoms with Crippen LogP contribution < -0.4 is 0 Å². The van der Waals surface area contributed by atoms with Crippen LogP contribution in [0.25, 0.3) is 0 Å². The minimum absolute atomic E-state index is 0.108. The standard InChI is InChI=1S/C16H22O5/c1-4-20-15(18)16(19,12(2)3)10-14(17)21-11-13-8-6-5-7-9-13/h5-9,12,19H,4,10-11H2,1-3H3/t16-/m1/s1. The van der Waals surface area contributed by atoms with Crippen molar-refractivity contribution in [2.24, 2.45) is 5.92 Å². The smallest absolute Gasteiger partial charge is 0.338 e. The summed E-state index contributed by atoms with van der Waals surface area (Å²) in [4.78, 5) is 23.7. The van der Waals surface area contributed by atoms with E-state index in [1.165, 1.54) is 0 Å². The average Bonchev–Trinajstić information content (AvgIpc) is 2.46. The third kappa shape index (κ3) is 4.86. The van der Waals surface area contributed by atoms with Crippen molar-refractivity contribution in [3.05, 3.63) is 35.9 Å². The van der Waals surface area contributed by atoms with Gasteiger partial charge in [-0.25, -0.2) is 4.79 Å². The summed E-state index contributed by atoms with van der Waals surface area (Å²) in [6.45, 7) is 5.21. The number of carbonyl (C=O) groups is 2. The first-order chi connectivity index (χ1) is 9.90. The first kappa shape index (κ1) is 17.2. The molecule has 0 spiro atoms. The van der Waals surface area contributed by atoms with Gasteiger partial charge in [0.25, 0.3) is 0 Å². The number of aliphatic hydroxyl groups is 1. The third-order valence-electron chi connectivity index (χ3n) is 3.24. The van der Waals surface area contributed by atoms with Gasteiger partial charge in [0.1, 0.15) is 6.61 Å². The highest BCUT2D eigenvalue weighted by atomic mass is 16.6. The Bertz CT molecular complexity index is 469. The number of rotatable bonds is 7. The lowest BCUT2D eigenvalue weighted by molar-refractivity contribution is -0.177. The number of ether oxygens (including phenoxy) is 2. The molecule has 0 bridgehead atoms. The van der Waals surface area contributed by atoms with Crippen LogP contribution in [0.1, 0.15) is 32.8 Å². The van der Waals surface area contributed by atoms with E-state index in [9.17, 15) is 14.7 Å².